The first-order valence-electron chi connectivity index (χ1n) is 3.43. The smallest absolute Gasteiger partial charge is 0.377 e. The highest BCUT2D eigenvalue weighted by atomic mass is 16.4. The van der Waals surface area contributed by atoms with Crippen LogP contribution in [0.3, 0.4) is 0 Å². The molecule has 4 nitrogen and oxygen atoms in total. The standard InChI is InChI=1S/C9H5NO3/c10-5-6-3-1-2-4-7(6)8(11)9(12)13/h1-4H,(H,12,13)/i8+1. The van der Waals surface area contributed by atoms with Gasteiger partial charge < -0.3 is 5.11 Å². The van der Waals surface area contributed by atoms with Crippen molar-refractivity contribution >= 4 is 11.8 Å². The van der Waals surface area contributed by atoms with Gasteiger partial charge in [0.25, 0.3) is 5.78 Å². The number of hydrogen-bond acceptors (Lipinski definition) is 3. The maximum atomic E-state index is 11.0. The average Bonchev–Trinajstić information content (AvgIpc) is 2.16. The normalized spacial score (nSPS) is 8.85. The lowest BCUT2D eigenvalue weighted by Gasteiger charge is -1.96. The Morgan fingerprint density at radius 1 is 1.31 bits per heavy atom. The van der Waals surface area contributed by atoms with Crippen molar-refractivity contribution in [3.8, 4) is 6.07 Å². The van der Waals surface area contributed by atoms with Gasteiger partial charge >= 0.3 is 5.97 Å². The predicted molar refractivity (Wildman–Crippen MR) is 43.1 cm³/mol. The summed E-state index contributed by atoms with van der Waals surface area (Å²) in [7, 11) is 0. The Bertz CT molecular complexity index is 404. The molecular weight excluding hydrogens is 171 g/mol. The molecule has 1 N–H and O–H groups in total. The van der Waals surface area contributed by atoms with E-state index >= 15 is 0 Å². The van der Waals surface area contributed by atoms with Crippen LogP contribution < -0.4 is 0 Å². The lowest BCUT2D eigenvalue weighted by atomic mass is 10.1. The monoisotopic (exact) mass is 176 g/mol. The van der Waals surface area contributed by atoms with Crippen molar-refractivity contribution in [2.45, 2.75) is 0 Å². The number of carbonyl (C=O) groups excluding carboxylic acids is 1. The van der Waals surface area contributed by atoms with Crippen molar-refractivity contribution in [3.05, 3.63) is 35.4 Å². The van der Waals surface area contributed by atoms with E-state index in [2.05, 4.69) is 0 Å². The summed E-state index contributed by atoms with van der Waals surface area (Å²) in [6.07, 6.45) is 0. The SMILES string of the molecule is N#Cc1ccccc1[13C](=O)C(=O)O. The molecule has 0 radical (unpaired) electrons. The zero-order valence-electron chi connectivity index (χ0n) is 6.52. The highest BCUT2D eigenvalue weighted by Crippen LogP contribution is 2.07. The Morgan fingerprint density at radius 2 is 1.92 bits per heavy atom. The van der Waals surface area contributed by atoms with Crippen LogP contribution in [0, 0.1) is 11.3 Å². The van der Waals surface area contributed by atoms with E-state index in [0.29, 0.717) is 0 Å². The van der Waals surface area contributed by atoms with Crippen LogP contribution in [-0.2, 0) is 4.79 Å². The third-order valence-electron chi connectivity index (χ3n) is 1.49. The van der Waals surface area contributed by atoms with Crippen LogP contribution in [0.5, 0.6) is 0 Å². The van der Waals surface area contributed by atoms with Crippen molar-refractivity contribution in [2.75, 3.05) is 0 Å². The first-order chi connectivity index (χ1) is 6.16. The van der Waals surface area contributed by atoms with E-state index in [9.17, 15) is 9.59 Å². The molecular formula is C9H5NO3. The summed E-state index contributed by atoms with van der Waals surface area (Å²) >= 11 is 0. The Labute approximate surface area is 74.0 Å². The van der Waals surface area contributed by atoms with Gasteiger partial charge in [0, 0.05) is 5.56 Å². The molecule has 13 heavy (non-hydrogen) atoms. The minimum absolute atomic E-state index is 0.0718. The summed E-state index contributed by atoms with van der Waals surface area (Å²) in [5, 5.41) is 17.0. The van der Waals surface area contributed by atoms with Gasteiger partial charge in [-0.05, 0) is 12.1 Å². The van der Waals surface area contributed by atoms with Gasteiger partial charge in [0.05, 0.1) is 11.6 Å². The van der Waals surface area contributed by atoms with Crippen molar-refractivity contribution in [2.24, 2.45) is 0 Å². The average molecular weight is 176 g/mol. The summed E-state index contributed by atoms with van der Waals surface area (Å²) < 4.78 is 0. The number of Topliss-reactive ketones (excluding diaryl/α,β-unsaturated/α-hetero) is 1. The van der Waals surface area contributed by atoms with Gasteiger partial charge in [0.2, 0.25) is 0 Å². The number of hydrogen-bond donors (Lipinski definition) is 1. The molecule has 0 amide bonds. The fourth-order valence-electron chi connectivity index (χ4n) is 0.894. The minimum atomic E-state index is -1.55. The van der Waals surface area contributed by atoms with Crippen LogP contribution in [0.25, 0.3) is 0 Å². The van der Waals surface area contributed by atoms with Crippen LogP contribution in [0.15, 0.2) is 24.3 Å². The van der Waals surface area contributed by atoms with Gasteiger partial charge in [0.1, 0.15) is 0 Å². The number of carboxylic acids is 1. The predicted octanol–water partition coefficient (Wildman–Crippen LogP) is 0.826. The third-order valence-corrected chi connectivity index (χ3v) is 1.49. The van der Waals surface area contributed by atoms with E-state index in [1.165, 1.54) is 18.2 Å². The second-order valence-corrected chi connectivity index (χ2v) is 2.29. The molecule has 0 fully saturated rings. The fourth-order valence-corrected chi connectivity index (χ4v) is 0.894. The number of rotatable bonds is 2. The number of aliphatic carboxylic acids is 1. The van der Waals surface area contributed by atoms with E-state index in [0.717, 1.165) is 0 Å². The van der Waals surface area contributed by atoms with E-state index in [1.54, 1.807) is 12.1 Å². The largest absolute Gasteiger partial charge is 0.475 e. The van der Waals surface area contributed by atoms with Crippen molar-refractivity contribution in [3.63, 3.8) is 0 Å². The van der Waals surface area contributed by atoms with E-state index in [1.807, 2.05) is 0 Å². The lowest BCUT2D eigenvalue weighted by molar-refractivity contribution is -0.131. The van der Waals surface area contributed by atoms with E-state index in [-0.39, 0.29) is 11.1 Å². The molecule has 0 unspecified atom stereocenters. The topological polar surface area (TPSA) is 78.2 Å². The van der Waals surface area contributed by atoms with Gasteiger partial charge in [-0.2, -0.15) is 5.26 Å². The van der Waals surface area contributed by atoms with Gasteiger partial charge in [0.15, 0.2) is 0 Å². The number of carbonyl (C=O) groups is 2. The van der Waals surface area contributed by atoms with E-state index in [4.69, 9.17) is 10.4 Å². The Hall–Kier alpha value is -2.15. The molecule has 1 rings (SSSR count). The van der Waals surface area contributed by atoms with Crippen LogP contribution in [0.1, 0.15) is 15.9 Å². The number of nitrogens with zero attached hydrogens (tertiary/aromatic N) is 1. The van der Waals surface area contributed by atoms with Gasteiger partial charge in [-0.3, -0.25) is 4.79 Å². The Morgan fingerprint density at radius 3 is 2.46 bits per heavy atom. The molecule has 0 aromatic heterocycles. The second kappa shape index (κ2) is 3.50. The highest BCUT2D eigenvalue weighted by molar-refractivity contribution is 6.40. The van der Waals surface area contributed by atoms with Crippen molar-refractivity contribution in [1.82, 2.24) is 0 Å². The summed E-state index contributed by atoms with van der Waals surface area (Å²) in [4.78, 5) is 21.3. The number of carboxylic acid groups (broad SMARTS) is 1. The first kappa shape index (κ1) is 8.94. The maximum Gasteiger partial charge on any atom is 0.377 e. The molecule has 0 aliphatic carbocycles. The quantitative estimate of drug-likeness (QED) is 0.411. The first-order valence-corrected chi connectivity index (χ1v) is 3.43. The zero-order chi connectivity index (χ0) is 9.84. The van der Waals surface area contributed by atoms with E-state index < -0.39 is 11.8 Å². The molecule has 4 heteroatoms. The van der Waals surface area contributed by atoms with Crippen LogP contribution in [0.2, 0.25) is 0 Å². The molecule has 1 aromatic rings. The molecule has 64 valence electrons. The highest BCUT2D eigenvalue weighted by Gasteiger charge is 2.17. The summed E-state index contributed by atoms with van der Waals surface area (Å²) in [6.45, 7) is 0. The number of nitriles is 1. The summed E-state index contributed by atoms with van der Waals surface area (Å²) in [5.74, 6) is -2.61. The van der Waals surface area contributed by atoms with Crippen molar-refractivity contribution < 1.29 is 14.7 Å². The summed E-state index contributed by atoms with van der Waals surface area (Å²) in [6, 6.07) is 7.54. The number of ketones is 1. The third kappa shape index (κ3) is 1.71. The fraction of sp³-hybridized carbons (Fsp3) is 0. The van der Waals surface area contributed by atoms with Crippen LogP contribution in [-0.4, -0.2) is 16.9 Å². The van der Waals surface area contributed by atoms with Gasteiger partial charge in [-0.25, -0.2) is 4.79 Å². The van der Waals surface area contributed by atoms with Gasteiger partial charge in [-0.15, -0.1) is 0 Å². The van der Waals surface area contributed by atoms with Crippen LogP contribution in [0.4, 0.5) is 0 Å². The van der Waals surface area contributed by atoms with Crippen LogP contribution >= 0.6 is 0 Å². The molecule has 0 aliphatic rings. The molecule has 0 aliphatic heterocycles. The zero-order valence-corrected chi connectivity index (χ0v) is 6.52. The second-order valence-electron chi connectivity index (χ2n) is 2.29. The number of benzene rings is 1. The Kier molecular flexibility index (Phi) is 2.41. The molecule has 0 spiro atoms. The van der Waals surface area contributed by atoms with Gasteiger partial charge in [-0.1, -0.05) is 12.1 Å². The van der Waals surface area contributed by atoms with Crippen molar-refractivity contribution in [1.29, 1.82) is 5.26 Å². The molecule has 1 aromatic carbocycles. The molecule has 0 bridgehead atoms. The summed E-state index contributed by atoms with van der Waals surface area (Å²) in [5.41, 5.74) is 0.00685. The lowest BCUT2D eigenvalue weighted by Crippen LogP contribution is -2.13. The minimum Gasteiger partial charge on any atom is -0.475 e. The maximum absolute atomic E-state index is 11.0. The molecule has 0 saturated heterocycles. The Balaban J connectivity index is 3.23. The molecule has 0 heterocycles. The molecule has 0 atom stereocenters. The molecule has 0 saturated carbocycles.